The number of likely N-dealkylation sites (tertiary alicyclic amines) is 1. The highest BCUT2D eigenvalue weighted by atomic mass is 127. The van der Waals surface area contributed by atoms with Crippen molar-refractivity contribution in [2.24, 2.45) is 4.99 Å². The number of piperidine rings is 1. The number of halogens is 1. The largest absolute Gasteiger partial charge is 0.364 e. The molecule has 2 N–H and O–H groups in total. The molecule has 6 heteroatoms. The molecule has 1 atom stereocenters. The van der Waals surface area contributed by atoms with Crippen LogP contribution in [0.2, 0.25) is 0 Å². The van der Waals surface area contributed by atoms with Gasteiger partial charge in [0, 0.05) is 44.5 Å². The zero-order valence-corrected chi connectivity index (χ0v) is 20.4. The Morgan fingerprint density at radius 1 is 1.10 bits per heavy atom. The number of nitrogens with zero attached hydrogens (tertiary/aromatic N) is 3. The highest BCUT2D eigenvalue weighted by Crippen LogP contribution is 2.18. The van der Waals surface area contributed by atoms with E-state index in [0.717, 1.165) is 44.6 Å². The molecule has 3 rings (SSSR count). The first kappa shape index (κ1) is 24.0. The Hall–Kier alpha value is -1.28. The van der Waals surface area contributed by atoms with Crippen molar-refractivity contribution in [3.63, 3.8) is 0 Å². The van der Waals surface area contributed by atoms with Gasteiger partial charge in [-0.25, -0.2) is 4.99 Å². The van der Waals surface area contributed by atoms with Crippen LogP contribution in [-0.2, 0) is 6.54 Å². The monoisotopic (exact) mass is 511 g/mol. The van der Waals surface area contributed by atoms with Gasteiger partial charge >= 0.3 is 0 Å². The van der Waals surface area contributed by atoms with Gasteiger partial charge < -0.3 is 20.4 Å². The van der Waals surface area contributed by atoms with E-state index < -0.39 is 0 Å². The van der Waals surface area contributed by atoms with Gasteiger partial charge in [-0.05, 0) is 57.4 Å². The van der Waals surface area contributed by atoms with Crippen molar-refractivity contribution < 1.29 is 0 Å². The van der Waals surface area contributed by atoms with Crippen LogP contribution in [0.1, 0.15) is 45.1 Å². The maximum atomic E-state index is 4.77. The fraction of sp³-hybridized carbons (Fsp3) is 0.609. The summed E-state index contributed by atoms with van der Waals surface area (Å²) in [6, 6.07) is 9.54. The lowest BCUT2D eigenvalue weighted by Gasteiger charge is -2.33. The van der Waals surface area contributed by atoms with Crippen LogP contribution in [-0.4, -0.2) is 56.2 Å². The molecule has 0 saturated carbocycles. The van der Waals surface area contributed by atoms with Crippen molar-refractivity contribution >= 4 is 35.6 Å². The lowest BCUT2D eigenvalue weighted by molar-refractivity contribution is 0.159. The smallest absolute Gasteiger partial charge is 0.191 e. The van der Waals surface area contributed by atoms with Crippen molar-refractivity contribution in [1.82, 2.24) is 15.5 Å². The van der Waals surface area contributed by atoms with Crippen LogP contribution in [0.5, 0.6) is 0 Å². The minimum absolute atomic E-state index is 0. The van der Waals surface area contributed by atoms with E-state index in [1.807, 2.05) is 0 Å². The van der Waals surface area contributed by atoms with Gasteiger partial charge in [0.15, 0.2) is 5.96 Å². The molecule has 1 fully saturated rings. The summed E-state index contributed by atoms with van der Waals surface area (Å²) in [6.45, 7) is 11.5. The number of guanidine groups is 1. The molecule has 1 saturated heterocycles. The topological polar surface area (TPSA) is 42.9 Å². The van der Waals surface area contributed by atoms with E-state index in [1.165, 1.54) is 43.6 Å². The summed E-state index contributed by atoms with van der Waals surface area (Å²) < 4.78 is 0. The van der Waals surface area contributed by atoms with E-state index in [2.05, 4.69) is 70.7 Å². The number of hydrogen-bond acceptors (Lipinski definition) is 3. The van der Waals surface area contributed by atoms with Gasteiger partial charge in [0.2, 0.25) is 0 Å². The Bertz CT molecular complexity index is 635. The number of anilines is 1. The molecule has 0 radical (unpaired) electrons. The Balaban J connectivity index is 0.00000300. The van der Waals surface area contributed by atoms with E-state index in [0.29, 0.717) is 6.54 Å². The molecule has 162 valence electrons. The zero-order valence-electron chi connectivity index (χ0n) is 18.1. The molecule has 5 nitrogen and oxygen atoms in total. The highest BCUT2D eigenvalue weighted by Gasteiger charge is 2.17. The average Bonchev–Trinajstić information content (AvgIpc) is 3.26. The van der Waals surface area contributed by atoms with E-state index >= 15 is 0 Å². The van der Waals surface area contributed by atoms with Crippen molar-refractivity contribution in [2.45, 2.75) is 52.1 Å². The fourth-order valence-electron chi connectivity index (χ4n) is 3.99. The standard InChI is InChI=1S/C23H37N5.HI/c1-3-24-23(25-14-8-18-27-15-5-4-9-20(27)2)26-19-21-10-12-22(13-11-21)28-16-6-7-17-28;/h6-7,10-13,20H,3-5,8-9,14-19H2,1-2H3,(H2,24,25,26);1H. The SMILES string of the molecule is CCNC(=NCc1ccc(N2CC=CC2)cc1)NCCCN1CCCCC1C.I. The number of aliphatic imine (C=N–C) groups is 1. The molecule has 1 aromatic carbocycles. The van der Waals surface area contributed by atoms with E-state index in [-0.39, 0.29) is 24.0 Å². The minimum Gasteiger partial charge on any atom is -0.364 e. The van der Waals surface area contributed by atoms with Gasteiger partial charge in [0.25, 0.3) is 0 Å². The Morgan fingerprint density at radius 3 is 2.55 bits per heavy atom. The molecular weight excluding hydrogens is 473 g/mol. The minimum atomic E-state index is 0. The molecule has 2 aliphatic rings. The molecule has 0 bridgehead atoms. The molecule has 0 aliphatic carbocycles. The van der Waals surface area contributed by atoms with Crippen molar-refractivity contribution in [3.05, 3.63) is 42.0 Å². The normalized spacial score (nSPS) is 19.9. The van der Waals surface area contributed by atoms with E-state index in [1.54, 1.807) is 0 Å². The Labute approximate surface area is 194 Å². The van der Waals surface area contributed by atoms with Crippen LogP contribution in [0.15, 0.2) is 41.4 Å². The third kappa shape index (κ3) is 7.81. The quantitative estimate of drug-likeness (QED) is 0.182. The first-order valence-electron chi connectivity index (χ1n) is 11.0. The van der Waals surface area contributed by atoms with Gasteiger partial charge in [0.05, 0.1) is 6.54 Å². The second-order valence-corrected chi connectivity index (χ2v) is 7.90. The second-order valence-electron chi connectivity index (χ2n) is 7.90. The van der Waals surface area contributed by atoms with Gasteiger partial charge in [-0.15, -0.1) is 24.0 Å². The van der Waals surface area contributed by atoms with Gasteiger partial charge in [-0.1, -0.05) is 30.7 Å². The highest BCUT2D eigenvalue weighted by molar-refractivity contribution is 14.0. The summed E-state index contributed by atoms with van der Waals surface area (Å²) >= 11 is 0. The molecule has 1 unspecified atom stereocenters. The summed E-state index contributed by atoms with van der Waals surface area (Å²) in [5, 5.41) is 6.86. The molecule has 29 heavy (non-hydrogen) atoms. The second kappa shape index (κ2) is 13.1. The van der Waals surface area contributed by atoms with E-state index in [4.69, 9.17) is 4.99 Å². The van der Waals surface area contributed by atoms with Crippen molar-refractivity contribution in [2.75, 3.05) is 44.2 Å². The van der Waals surface area contributed by atoms with Crippen LogP contribution in [0, 0.1) is 0 Å². The third-order valence-corrected chi connectivity index (χ3v) is 5.74. The van der Waals surface area contributed by atoms with Crippen molar-refractivity contribution in [3.8, 4) is 0 Å². The summed E-state index contributed by atoms with van der Waals surface area (Å²) in [7, 11) is 0. The third-order valence-electron chi connectivity index (χ3n) is 5.74. The number of nitrogens with one attached hydrogen (secondary N) is 2. The number of rotatable bonds is 8. The molecule has 0 spiro atoms. The molecule has 2 heterocycles. The maximum Gasteiger partial charge on any atom is 0.191 e. The number of benzene rings is 1. The maximum absolute atomic E-state index is 4.77. The first-order chi connectivity index (χ1) is 13.8. The fourth-order valence-corrected chi connectivity index (χ4v) is 3.99. The molecule has 0 amide bonds. The average molecular weight is 511 g/mol. The van der Waals surface area contributed by atoms with E-state index in [9.17, 15) is 0 Å². The van der Waals surface area contributed by atoms with Gasteiger partial charge in [0.1, 0.15) is 0 Å². The summed E-state index contributed by atoms with van der Waals surface area (Å²) in [4.78, 5) is 9.76. The lowest BCUT2D eigenvalue weighted by Crippen LogP contribution is -2.41. The summed E-state index contributed by atoms with van der Waals surface area (Å²) in [6.07, 6.45) is 9.70. The molecule has 2 aliphatic heterocycles. The summed E-state index contributed by atoms with van der Waals surface area (Å²) in [5.74, 6) is 0.919. The molecule has 0 aromatic heterocycles. The predicted octanol–water partition coefficient (Wildman–Crippen LogP) is 4.00. The van der Waals surface area contributed by atoms with Crippen LogP contribution < -0.4 is 15.5 Å². The van der Waals surface area contributed by atoms with Gasteiger partial charge in [-0.2, -0.15) is 0 Å². The predicted molar refractivity (Wildman–Crippen MR) is 136 cm³/mol. The molecule has 1 aromatic rings. The lowest BCUT2D eigenvalue weighted by atomic mass is 10.0. The van der Waals surface area contributed by atoms with Gasteiger partial charge in [-0.3, -0.25) is 0 Å². The van der Waals surface area contributed by atoms with Crippen molar-refractivity contribution in [1.29, 1.82) is 0 Å². The van der Waals surface area contributed by atoms with Crippen LogP contribution >= 0.6 is 24.0 Å². The first-order valence-corrected chi connectivity index (χ1v) is 11.0. The Kier molecular flexibility index (Phi) is 10.8. The van der Waals surface area contributed by atoms with Crippen LogP contribution in [0.4, 0.5) is 5.69 Å². The molecular formula is C23H38IN5. The van der Waals surface area contributed by atoms with Crippen LogP contribution in [0.25, 0.3) is 0 Å². The Morgan fingerprint density at radius 2 is 1.86 bits per heavy atom. The van der Waals surface area contributed by atoms with Crippen LogP contribution in [0.3, 0.4) is 0 Å². The summed E-state index contributed by atoms with van der Waals surface area (Å²) in [5.41, 5.74) is 2.53. The number of hydrogen-bond donors (Lipinski definition) is 2. The zero-order chi connectivity index (χ0) is 19.6.